The molecule has 6 N–H and O–H groups in total. The SMILES string of the molecule is NC(N)=NCCC[C@H](N)[C-]=O.[Mn]. The van der Waals surface area contributed by atoms with Crippen molar-refractivity contribution < 1.29 is 21.9 Å². The van der Waals surface area contributed by atoms with Gasteiger partial charge in [-0.05, 0) is 6.42 Å². The summed E-state index contributed by atoms with van der Waals surface area (Å²) in [6, 6.07) is -0.510. The van der Waals surface area contributed by atoms with Crippen LogP contribution in [0.3, 0.4) is 0 Å². The molecule has 0 bridgehead atoms. The second kappa shape index (κ2) is 8.52. The third-order valence-electron chi connectivity index (χ3n) is 1.12. The standard InChI is InChI=1S/C6H13N4O.Mn/c7-5(4-11)2-1-3-10-6(8)9;/h5H,1-3,7H2,(H4,8,9,10);/q-1;/t5-;/m0./s1. The van der Waals surface area contributed by atoms with Crippen LogP contribution in [0.25, 0.3) is 0 Å². The first-order chi connectivity index (χ1) is 5.16. The molecule has 0 saturated heterocycles. The van der Waals surface area contributed by atoms with Crippen LogP contribution in [0.4, 0.5) is 0 Å². The third-order valence-corrected chi connectivity index (χ3v) is 1.12. The van der Waals surface area contributed by atoms with Crippen LogP contribution in [0.15, 0.2) is 4.99 Å². The molecule has 0 aliphatic rings. The molecule has 0 fully saturated rings. The average molecular weight is 212 g/mol. The van der Waals surface area contributed by atoms with E-state index < -0.39 is 6.04 Å². The van der Waals surface area contributed by atoms with Crippen LogP contribution in [0.2, 0.25) is 0 Å². The van der Waals surface area contributed by atoms with Crippen molar-refractivity contribution in [1.29, 1.82) is 0 Å². The number of nitrogens with zero attached hydrogens (tertiary/aromatic N) is 1. The molecule has 12 heavy (non-hydrogen) atoms. The van der Waals surface area contributed by atoms with Crippen LogP contribution < -0.4 is 17.2 Å². The van der Waals surface area contributed by atoms with Gasteiger partial charge in [0.25, 0.3) is 0 Å². The predicted octanol–water partition coefficient (Wildman–Crippen LogP) is -1.53. The number of aliphatic imine (C=N–C) groups is 1. The summed E-state index contributed by atoms with van der Waals surface area (Å²) in [6.45, 7) is 0.512. The van der Waals surface area contributed by atoms with Crippen molar-refractivity contribution >= 4 is 12.2 Å². The molecule has 6 heteroatoms. The second-order valence-corrected chi connectivity index (χ2v) is 2.17. The average Bonchev–Trinajstić information content (AvgIpc) is 1.97. The molecule has 0 aliphatic carbocycles. The van der Waals surface area contributed by atoms with Crippen molar-refractivity contribution in [3.8, 4) is 0 Å². The molecule has 0 spiro atoms. The maximum Gasteiger partial charge on any atom is 0.185 e. The molecule has 0 aromatic heterocycles. The summed E-state index contributed by atoms with van der Waals surface area (Å²) in [5, 5.41) is 0. The van der Waals surface area contributed by atoms with Gasteiger partial charge in [0.05, 0.1) is 0 Å². The minimum atomic E-state index is -0.510. The maximum absolute atomic E-state index is 9.90. The van der Waals surface area contributed by atoms with Gasteiger partial charge in [0.2, 0.25) is 0 Å². The first-order valence-electron chi connectivity index (χ1n) is 3.35. The van der Waals surface area contributed by atoms with Crippen molar-refractivity contribution in [3.05, 3.63) is 0 Å². The molecule has 0 aromatic carbocycles. The molecule has 0 aromatic rings. The van der Waals surface area contributed by atoms with Gasteiger partial charge in [0.1, 0.15) is 0 Å². The minimum absolute atomic E-state index is 0. The topological polar surface area (TPSA) is 107 Å². The van der Waals surface area contributed by atoms with Gasteiger partial charge in [0.15, 0.2) is 5.96 Å². The Bertz CT molecular complexity index is 146. The Morgan fingerprint density at radius 3 is 2.50 bits per heavy atom. The van der Waals surface area contributed by atoms with Crippen LogP contribution in [-0.4, -0.2) is 24.8 Å². The maximum atomic E-state index is 9.90. The summed E-state index contributed by atoms with van der Waals surface area (Å²) in [5.41, 5.74) is 15.4. The summed E-state index contributed by atoms with van der Waals surface area (Å²) in [7, 11) is 0. The second-order valence-electron chi connectivity index (χ2n) is 2.17. The van der Waals surface area contributed by atoms with Crippen molar-refractivity contribution in [2.75, 3.05) is 6.54 Å². The van der Waals surface area contributed by atoms with Crippen LogP contribution in [-0.2, 0) is 21.9 Å². The zero-order chi connectivity index (χ0) is 8.69. The molecule has 0 amide bonds. The zero-order valence-corrected chi connectivity index (χ0v) is 7.84. The van der Waals surface area contributed by atoms with Crippen LogP contribution >= 0.6 is 0 Å². The fourth-order valence-corrected chi connectivity index (χ4v) is 0.578. The first kappa shape index (κ1) is 14.0. The Kier molecular flexibility index (Phi) is 9.92. The van der Waals surface area contributed by atoms with Crippen LogP contribution in [0, 0.1) is 0 Å². The Balaban J connectivity index is 0. The minimum Gasteiger partial charge on any atom is -0.540 e. The van der Waals surface area contributed by atoms with Crippen LogP contribution in [0.1, 0.15) is 12.8 Å². The van der Waals surface area contributed by atoms with Crippen molar-refractivity contribution in [3.63, 3.8) is 0 Å². The van der Waals surface area contributed by atoms with Gasteiger partial charge in [-0.25, -0.2) is 6.29 Å². The number of nitrogens with two attached hydrogens (primary N) is 3. The fraction of sp³-hybridized carbons (Fsp3) is 0.667. The largest absolute Gasteiger partial charge is 0.540 e. The predicted molar refractivity (Wildman–Crippen MR) is 43.6 cm³/mol. The normalized spacial score (nSPS) is 11.1. The van der Waals surface area contributed by atoms with Gasteiger partial charge in [-0.1, -0.05) is 12.5 Å². The number of carbonyl (C=O) groups excluding carboxylic acids is 1. The number of guanidine groups is 1. The van der Waals surface area contributed by atoms with Gasteiger partial charge in [-0.3, -0.25) is 4.99 Å². The van der Waals surface area contributed by atoms with E-state index in [0.29, 0.717) is 19.4 Å². The summed E-state index contributed by atoms with van der Waals surface area (Å²) in [6.07, 6.45) is 2.94. The molecule has 0 heterocycles. The Morgan fingerprint density at radius 2 is 2.08 bits per heavy atom. The smallest absolute Gasteiger partial charge is 0.185 e. The van der Waals surface area contributed by atoms with Gasteiger partial charge in [0, 0.05) is 23.6 Å². The molecule has 0 saturated carbocycles. The number of rotatable bonds is 5. The monoisotopic (exact) mass is 212 g/mol. The molecule has 71 valence electrons. The van der Waals surface area contributed by atoms with E-state index in [9.17, 15) is 4.79 Å². The molecule has 0 aliphatic heterocycles. The molecule has 0 rings (SSSR count). The zero-order valence-electron chi connectivity index (χ0n) is 6.66. The van der Waals surface area contributed by atoms with Gasteiger partial charge in [-0.15, -0.1) is 0 Å². The molecular formula is C6H13MnN4O-. The molecule has 1 atom stereocenters. The van der Waals surface area contributed by atoms with E-state index in [4.69, 9.17) is 17.2 Å². The summed E-state index contributed by atoms with van der Waals surface area (Å²) >= 11 is 0. The summed E-state index contributed by atoms with van der Waals surface area (Å²) in [5.74, 6) is 0.0636. The van der Waals surface area contributed by atoms with E-state index in [0.717, 1.165) is 0 Å². The van der Waals surface area contributed by atoms with E-state index in [2.05, 4.69) is 4.99 Å². The van der Waals surface area contributed by atoms with Crippen molar-refractivity contribution in [2.24, 2.45) is 22.2 Å². The fourth-order valence-electron chi connectivity index (χ4n) is 0.578. The molecule has 5 nitrogen and oxygen atoms in total. The quantitative estimate of drug-likeness (QED) is 0.169. The Hall–Kier alpha value is -0.581. The van der Waals surface area contributed by atoms with Crippen molar-refractivity contribution in [1.82, 2.24) is 0 Å². The Labute approximate surface area is 82.2 Å². The molecule has 1 radical (unpaired) electrons. The Morgan fingerprint density at radius 1 is 1.50 bits per heavy atom. The van der Waals surface area contributed by atoms with E-state index in [-0.39, 0.29) is 23.0 Å². The van der Waals surface area contributed by atoms with Gasteiger partial charge in [-0.2, -0.15) is 0 Å². The van der Waals surface area contributed by atoms with Crippen LogP contribution in [0.5, 0.6) is 0 Å². The van der Waals surface area contributed by atoms with Crippen molar-refractivity contribution in [2.45, 2.75) is 18.9 Å². The third kappa shape index (κ3) is 9.42. The molecular weight excluding hydrogens is 199 g/mol. The van der Waals surface area contributed by atoms with Gasteiger partial charge >= 0.3 is 0 Å². The van der Waals surface area contributed by atoms with Gasteiger partial charge < -0.3 is 22.0 Å². The summed E-state index contributed by atoms with van der Waals surface area (Å²) < 4.78 is 0. The number of hydrogen-bond acceptors (Lipinski definition) is 3. The van der Waals surface area contributed by atoms with E-state index in [1.807, 2.05) is 0 Å². The molecule has 0 unspecified atom stereocenters. The van der Waals surface area contributed by atoms with E-state index in [1.54, 1.807) is 6.29 Å². The summed E-state index contributed by atoms with van der Waals surface area (Å²) in [4.78, 5) is 13.6. The number of hydrogen-bond donors (Lipinski definition) is 3. The van der Waals surface area contributed by atoms with E-state index >= 15 is 0 Å². The van der Waals surface area contributed by atoms with E-state index in [1.165, 1.54) is 0 Å². The first-order valence-corrected chi connectivity index (χ1v) is 3.35.